The van der Waals surface area contributed by atoms with Crippen LogP contribution in [0.5, 0.6) is 0 Å². The predicted octanol–water partition coefficient (Wildman–Crippen LogP) is 7.10. The van der Waals surface area contributed by atoms with Gasteiger partial charge < -0.3 is 4.57 Å². The van der Waals surface area contributed by atoms with E-state index in [1.807, 2.05) is 19.1 Å². The zero-order chi connectivity index (χ0) is 22.4. The Morgan fingerprint density at radius 2 is 1.45 bits per heavy atom. The molecule has 0 amide bonds. The van der Waals surface area contributed by atoms with Crippen LogP contribution in [0.3, 0.4) is 0 Å². The molecule has 0 N–H and O–H groups in total. The van der Waals surface area contributed by atoms with E-state index in [9.17, 15) is 26.3 Å². The van der Waals surface area contributed by atoms with Gasteiger partial charge >= 0.3 is 12.4 Å². The Balaban J connectivity index is 1.83. The van der Waals surface area contributed by atoms with Crippen molar-refractivity contribution < 1.29 is 26.3 Å². The Morgan fingerprint density at radius 1 is 0.774 bits per heavy atom. The first-order valence-electron chi connectivity index (χ1n) is 9.33. The van der Waals surface area contributed by atoms with Gasteiger partial charge in [0.1, 0.15) is 5.82 Å². The molecular weight excluding hydrogens is 418 g/mol. The standard InChI is InChI=1S/C23H16F6N2/c1-14-5-10-19-20(11-14)31(13-15-3-2-4-18(12-15)23(27,28)29)21(30-19)16-6-8-17(9-7-16)22(24,25)26/h2-12H,13H2,1H3. The monoisotopic (exact) mass is 434 g/mol. The molecule has 1 aromatic heterocycles. The van der Waals surface area contributed by atoms with Crippen LogP contribution in [0, 0.1) is 6.92 Å². The summed E-state index contributed by atoms with van der Waals surface area (Å²) in [6.07, 6.45) is -8.94. The number of nitrogens with zero attached hydrogens (tertiary/aromatic N) is 2. The van der Waals surface area contributed by atoms with Gasteiger partial charge in [-0.3, -0.25) is 0 Å². The zero-order valence-electron chi connectivity index (χ0n) is 16.2. The smallest absolute Gasteiger partial charge is 0.319 e. The fourth-order valence-corrected chi connectivity index (χ4v) is 3.45. The molecule has 0 spiro atoms. The van der Waals surface area contributed by atoms with Gasteiger partial charge in [0.2, 0.25) is 0 Å². The maximum Gasteiger partial charge on any atom is 0.416 e. The number of alkyl halides is 6. The van der Waals surface area contributed by atoms with Crippen molar-refractivity contribution in [3.05, 3.63) is 89.0 Å². The minimum absolute atomic E-state index is 0.0836. The molecule has 0 saturated heterocycles. The zero-order valence-corrected chi connectivity index (χ0v) is 16.2. The summed E-state index contributed by atoms with van der Waals surface area (Å²) in [5.74, 6) is 0.381. The van der Waals surface area contributed by atoms with Crippen molar-refractivity contribution in [3.8, 4) is 11.4 Å². The first-order valence-corrected chi connectivity index (χ1v) is 9.33. The van der Waals surface area contributed by atoms with Crippen LogP contribution in [0.15, 0.2) is 66.7 Å². The Morgan fingerprint density at radius 3 is 2.10 bits per heavy atom. The molecule has 0 aliphatic heterocycles. The molecular formula is C23H16F6N2. The minimum atomic E-state index is -4.47. The number of aryl methyl sites for hydroxylation is 1. The lowest BCUT2D eigenvalue weighted by atomic mass is 10.1. The summed E-state index contributed by atoms with van der Waals surface area (Å²) >= 11 is 0. The van der Waals surface area contributed by atoms with Crippen LogP contribution in [-0.4, -0.2) is 9.55 Å². The number of hydrogen-bond acceptors (Lipinski definition) is 1. The summed E-state index contributed by atoms with van der Waals surface area (Å²) in [6, 6.07) is 15.0. The molecule has 4 aromatic rings. The van der Waals surface area contributed by atoms with E-state index in [1.165, 1.54) is 18.2 Å². The van der Waals surface area contributed by atoms with Crippen molar-refractivity contribution in [1.29, 1.82) is 0 Å². The second-order valence-electron chi connectivity index (χ2n) is 7.29. The topological polar surface area (TPSA) is 17.8 Å². The fraction of sp³-hybridized carbons (Fsp3) is 0.174. The summed E-state index contributed by atoms with van der Waals surface area (Å²) in [7, 11) is 0. The predicted molar refractivity (Wildman–Crippen MR) is 105 cm³/mol. The van der Waals surface area contributed by atoms with E-state index in [2.05, 4.69) is 4.98 Å². The Kier molecular flexibility index (Phi) is 5.03. The molecule has 0 saturated carbocycles. The van der Waals surface area contributed by atoms with Crippen LogP contribution >= 0.6 is 0 Å². The first-order chi connectivity index (χ1) is 14.5. The molecule has 31 heavy (non-hydrogen) atoms. The molecule has 2 nitrogen and oxygen atoms in total. The van der Waals surface area contributed by atoms with Gasteiger partial charge in [-0.2, -0.15) is 26.3 Å². The minimum Gasteiger partial charge on any atom is -0.319 e. The van der Waals surface area contributed by atoms with Gasteiger partial charge in [0.25, 0.3) is 0 Å². The molecule has 0 unspecified atom stereocenters. The number of halogens is 6. The molecule has 3 aromatic carbocycles. The third-order valence-corrected chi connectivity index (χ3v) is 4.97. The average molecular weight is 434 g/mol. The number of aromatic nitrogens is 2. The van der Waals surface area contributed by atoms with E-state index >= 15 is 0 Å². The third-order valence-electron chi connectivity index (χ3n) is 4.97. The van der Waals surface area contributed by atoms with E-state index in [0.717, 1.165) is 29.8 Å². The summed E-state index contributed by atoms with van der Waals surface area (Å²) in [6.45, 7) is 1.96. The lowest BCUT2D eigenvalue weighted by Gasteiger charge is -2.13. The first kappa shape index (κ1) is 21.0. The van der Waals surface area contributed by atoms with E-state index in [4.69, 9.17) is 0 Å². The number of imidazole rings is 1. The van der Waals surface area contributed by atoms with Crippen LogP contribution < -0.4 is 0 Å². The number of benzene rings is 3. The number of fused-ring (bicyclic) bond motifs is 1. The maximum absolute atomic E-state index is 13.1. The Labute approximate surface area is 173 Å². The second-order valence-corrected chi connectivity index (χ2v) is 7.29. The van der Waals surface area contributed by atoms with Crippen molar-refractivity contribution in [3.63, 3.8) is 0 Å². The highest BCUT2D eigenvalue weighted by atomic mass is 19.4. The van der Waals surface area contributed by atoms with Crippen molar-refractivity contribution >= 4 is 11.0 Å². The summed E-state index contributed by atoms with van der Waals surface area (Å²) in [5, 5.41) is 0. The van der Waals surface area contributed by atoms with Crippen LogP contribution in [0.1, 0.15) is 22.3 Å². The highest BCUT2D eigenvalue weighted by Crippen LogP contribution is 2.33. The summed E-state index contributed by atoms with van der Waals surface area (Å²) in [4.78, 5) is 4.54. The van der Waals surface area contributed by atoms with Crippen LogP contribution in [0.2, 0.25) is 0 Å². The molecule has 0 aliphatic rings. The number of rotatable bonds is 3. The molecule has 0 fully saturated rings. The highest BCUT2D eigenvalue weighted by molar-refractivity contribution is 5.81. The van der Waals surface area contributed by atoms with E-state index in [-0.39, 0.29) is 6.54 Å². The lowest BCUT2D eigenvalue weighted by Crippen LogP contribution is -2.08. The van der Waals surface area contributed by atoms with Crippen molar-refractivity contribution in [2.24, 2.45) is 0 Å². The van der Waals surface area contributed by atoms with E-state index < -0.39 is 23.5 Å². The normalized spacial score (nSPS) is 12.5. The maximum atomic E-state index is 13.1. The second kappa shape index (κ2) is 7.44. The molecule has 8 heteroatoms. The average Bonchev–Trinajstić information content (AvgIpc) is 3.05. The van der Waals surface area contributed by atoms with Gasteiger partial charge in [0.15, 0.2) is 0 Å². The fourth-order valence-electron chi connectivity index (χ4n) is 3.45. The van der Waals surface area contributed by atoms with E-state index in [0.29, 0.717) is 28.0 Å². The van der Waals surface area contributed by atoms with Crippen molar-refractivity contribution in [2.75, 3.05) is 0 Å². The van der Waals surface area contributed by atoms with Crippen LogP contribution in [0.4, 0.5) is 26.3 Å². The Bertz CT molecular complexity index is 1230. The lowest BCUT2D eigenvalue weighted by molar-refractivity contribution is -0.138. The molecule has 1 heterocycles. The highest BCUT2D eigenvalue weighted by Gasteiger charge is 2.31. The van der Waals surface area contributed by atoms with Gasteiger partial charge in [-0.15, -0.1) is 0 Å². The molecule has 0 radical (unpaired) electrons. The van der Waals surface area contributed by atoms with Gasteiger partial charge in [0, 0.05) is 12.1 Å². The molecule has 0 aliphatic carbocycles. The van der Waals surface area contributed by atoms with Gasteiger partial charge in [0.05, 0.1) is 22.2 Å². The molecule has 0 atom stereocenters. The SMILES string of the molecule is Cc1ccc2nc(-c3ccc(C(F)(F)F)cc3)n(Cc3cccc(C(F)(F)F)c3)c2c1. The van der Waals surface area contributed by atoms with Crippen molar-refractivity contribution in [2.45, 2.75) is 25.8 Å². The summed E-state index contributed by atoms with van der Waals surface area (Å²) < 4.78 is 79.8. The van der Waals surface area contributed by atoms with Gasteiger partial charge in [-0.1, -0.05) is 30.3 Å². The number of hydrogen-bond donors (Lipinski definition) is 0. The quantitative estimate of drug-likeness (QED) is 0.315. The van der Waals surface area contributed by atoms with Crippen LogP contribution in [0.25, 0.3) is 22.4 Å². The van der Waals surface area contributed by atoms with Crippen molar-refractivity contribution in [1.82, 2.24) is 9.55 Å². The molecule has 0 bridgehead atoms. The molecule has 160 valence electrons. The van der Waals surface area contributed by atoms with Crippen LogP contribution in [-0.2, 0) is 18.9 Å². The van der Waals surface area contributed by atoms with Gasteiger partial charge in [-0.25, -0.2) is 4.98 Å². The molecule has 4 rings (SSSR count). The third kappa shape index (κ3) is 4.28. The Hall–Kier alpha value is -3.29. The largest absolute Gasteiger partial charge is 0.416 e. The van der Waals surface area contributed by atoms with E-state index in [1.54, 1.807) is 16.7 Å². The van der Waals surface area contributed by atoms with Gasteiger partial charge in [-0.05, 0) is 54.4 Å². The summed E-state index contributed by atoms with van der Waals surface area (Å²) in [5.41, 5.74) is 1.52.